The van der Waals surface area contributed by atoms with Gasteiger partial charge in [-0.15, -0.1) is 0 Å². The number of carbonyl (C=O) groups is 3. The Morgan fingerprint density at radius 1 is 1.00 bits per heavy atom. The third-order valence-electron chi connectivity index (χ3n) is 5.29. The summed E-state index contributed by atoms with van der Waals surface area (Å²) in [5.41, 5.74) is 0.294. The van der Waals surface area contributed by atoms with Gasteiger partial charge in [-0.25, -0.2) is 13.2 Å². The van der Waals surface area contributed by atoms with E-state index in [-0.39, 0.29) is 10.8 Å². The highest BCUT2D eigenvalue weighted by Crippen LogP contribution is 2.27. The number of hydrogen-bond donors (Lipinski definition) is 3. The zero-order chi connectivity index (χ0) is 21.5. The van der Waals surface area contributed by atoms with E-state index in [9.17, 15) is 22.8 Å². The second-order valence-electron chi connectivity index (χ2n) is 7.36. The van der Waals surface area contributed by atoms with Crippen LogP contribution in [0, 0.1) is 0 Å². The molecule has 2 aliphatic rings. The molecular weight excluding hydrogens is 408 g/mol. The van der Waals surface area contributed by atoms with Crippen LogP contribution in [-0.2, 0) is 25.2 Å². The van der Waals surface area contributed by atoms with Gasteiger partial charge in [0, 0.05) is 24.3 Å². The first kappa shape index (κ1) is 19.9. The maximum absolute atomic E-state index is 12.7. The summed E-state index contributed by atoms with van der Waals surface area (Å²) in [6.07, 6.45) is 1.29. The monoisotopic (exact) mass is 428 g/mol. The van der Waals surface area contributed by atoms with Gasteiger partial charge in [0.2, 0.25) is 5.91 Å². The van der Waals surface area contributed by atoms with Gasteiger partial charge < -0.3 is 10.2 Å². The van der Waals surface area contributed by atoms with Crippen LogP contribution in [0.4, 0.5) is 16.2 Å². The predicted molar refractivity (Wildman–Crippen MR) is 109 cm³/mol. The van der Waals surface area contributed by atoms with Crippen LogP contribution in [-0.4, -0.2) is 32.8 Å². The van der Waals surface area contributed by atoms with Crippen LogP contribution in [0.5, 0.6) is 0 Å². The van der Waals surface area contributed by atoms with E-state index in [0.717, 1.165) is 6.42 Å². The lowest BCUT2D eigenvalue weighted by Crippen LogP contribution is -2.40. The van der Waals surface area contributed by atoms with Crippen molar-refractivity contribution in [1.82, 2.24) is 10.6 Å². The normalized spacial score (nSPS) is 21.5. The van der Waals surface area contributed by atoms with Crippen molar-refractivity contribution in [2.24, 2.45) is 0 Å². The van der Waals surface area contributed by atoms with Crippen LogP contribution < -0.4 is 20.3 Å². The molecule has 156 valence electrons. The molecule has 2 fully saturated rings. The average molecular weight is 428 g/mol. The van der Waals surface area contributed by atoms with Crippen molar-refractivity contribution in [3.8, 4) is 0 Å². The number of rotatable bonds is 5. The van der Waals surface area contributed by atoms with Crippen molar-refractivity contribution in [3.05, 3.63) is 54.1 Å². The van der Waals surface area contributed by atoms with Gasteiger partial charge in [0.25, 0.3) is 15.9 Å². The molecule has 0 radical (unpaired) electrons. The highest BCUT2D eigenvalue weighted by atomic mass is 32.2. The topological polar surface area (TPSA) is 125 Å². The van der Waals surface area contributed by atoms with Gasteiger partial charge in [-0.1, -0.05) is 12.1 Å². The summed E-state index contributed by atoms with van der Waals surface area (Å²) in [6, 6.07) is 11.8. The van der Waals surface area contributed by atoms with Crippen LogP contribution in [0.3, 0.4) is 0 Å². The van der Waals surface area contributed by atoms with Gasteiger partial charge in [-0.2, -0.15) is 0 Å². The van der Waals surface area contributed by atoms with E-state index in [4.69, 9.17) is 0 Å². The van der Waals surface area contributed by atoms with Crippen molar-refractivity contribution < 1.29 is 22.8 Å². The third-order valence-corrected chi connectivity index (χ3v) is 6.69. The van der Waals surface area contributed by atoms with E-state index in [2.05, 4.69) is 15.4 Å². The smallest absolute Gasteiger partial charge is 0.320 e. The summed E-state index contributed by atoms with van der Waals surface area (Å²) in [5, 5.41) is 4.74. The number of benzene rings is 2. The van der Waals surface area contributed by atoms with Crippen molar-refractivity contribution in [1.29, 1.82) is 0 Å². The molecule has 0 bridgehead atoms. The Morgan fingerprint density at radius 2 is 1.67 bits per heavy atom. The first-order chi connectivity index (χ1) is 14.2. The van der Waals surface area contributed by atoms with Gasteiger partial charge in [0.05, 0.1) is 4.90 Å². The number of imide groups is 1. The molecule has 0 aromatic heterocycles. The minimum atomic E-state index is -3.84. The van der Waals surface area contributed by atoms with E-state index in [1.807, 2.05) is 0 Å². The molecule has 0 spiro atoms. The molecule has 9 nitrogen and oxygen atoms in total. The van der Waals surface area contributed by atoms with Crippen LogP contribution >= 0.6 is 0 Å². The minimum Gasteiger partial charge on any atom is -0.320 e. The van der Waals surface area contributed by atoms with Gasteiger partial charge in [-0.05, 0) is 55.3 Å². The molecule has 0 unspecified atom stereocenters. The molecule has 3 N–H and O–H groups in total. The fourth-order valence-electron chi connectivity index (χ4n) is 3.56. The van der Waals surface area contributed by atoms with E-state index in [1.54, 1.807) is 36.1 Å². The molecule has 4 amide bonds. The van der Waals surface area contributed by atoms with Crippen molar-refractivity contribution in [2.45, 2.75) is 30.2 Å². The summed E-state index contributed by atoms with van der Waals surface area (Å²) in [7, 11) is -3.84. The van der Waals surface area contributed by atoms with Gasteiger partial charge >= 0.3 is 6.03 Å². The first-order valence-corrected chi connectivity index (χ1v) is 10.8. The van der Waals surface area contributed by atoms with Gasteiger partial charge in [0.1, 0.15) is 5.54 Å². The fourth-order valence-corrected chi connectivity index (χ4v) is 4.62. The van der Waals surface area contributed by atoms with Crippen LogP contribution in [0.1, 0.15) is 25.3 Å². The highest BCUT2D eigenvalue weighted by Gasteiger charge is 2.43. The zero-order valence-electron chi connectivity index (χ0n) is 16.1. The molecular formula is C20H20N4O5S. The predicted octanol–water partition coefficient (Wildman–Crippen LogP) is 1.67. The van der Waals surface area contributed by atoms with Crippen LogP contribution in [0.2, 0.25) is 0 Å². The summed E-state index contributed by atoms with van der Waals surface area (Å²) in [4.78, 5) is 37.0. The second kappa shape index (κ2) is 7.13. The lowest BCUT2D eigenvalue weighted by Gasteiger charge is -2.21. The maximum atomic E-state index is 12.7. The Balaban J connectivity index is 1.50. The van der Waals surface area contributed by atoms with E-state index >= 15 is 0 Å². The summed E-state index contributed by atoms with van der Waals surface area (Å²) in [5.74, 6) is -0.443. The number of hydrogen-bond acceptors (Lipinski definition) is 5. The Bertz CT molecular complexity index is 1130. The Kier molecular flexibility index (Phi) is 4.73. The van der Waals surface area contributed by atoms with Crippen LogP contribution in [0.25, 0.3) is 0 Å². The maximum Gasteiger partial charge on any atom is 0.322 e. The first-order valence-electron chi connectivity index (χ1n) is 9.36. The molecule has 2 saturated heterocycles. The number of sulfonamides is 1. The quantitative estimate of drug-likeness (QED) is 0.625. The highest BCUT2D eigenvalue weighted by molar-refractivity contribution is 7.92. The third kappa shape index (κ3) is 3.50. The van der Waals surface area contributed by atoms with E-state index in [0.29, 0.717) is 29.9 Å². The lowest BCUT2D eigenvalue weighted by atomic mass is 9.92. The van der Waals surface area contributed by atoms with Crippen molar-refractivity contribution >= 4 is 39.2 Å². The molecule has 2 heterocycles. The van der Waals surface area contributed by atoms with E-state index < -0.39 is 27.5 Å². The molecule has 30 heavy (non-hydrogen) atoms. The second-order valence-corrected chi connectivity index (χ2v) is 9.04. The molecule has 1 atom stereocenters. The van der Waals surface area contributed by atoms with Gasteiger partial charge in [0.15, 0.2) is 0 Å². The Morgan fingerprint density at radius 3 is 2.20 bits per heavy atom. The fraction of sp³-hybridized carbons (Fsp3) is 0.250. The average Bonchev–Trinajstić information content (AvgIpc) is 3.24. The number of nitrogens with one attached hydrogen (secondary N) is 3. The summed E-state index contributed by atoms with van der Waals surface area (Å²) >= 11 is 0. The van der Waals surface area contributed by atoms with Crippen molar-refractivity contribution in [2.75, 3.05) is 16.2 Å². The molecule has 4 rings (SSSR count). The molecule has 2 aromatic carbocycles. The molecule has 0 saturated carbocycles. The molecule has 2 aromatic rings. The zero-order valence-corrected chi connectivity index (χ0v) is 17.0. The number of amides is 4. The Hall–Kier alpha value is -3.40. The summed E-state index contributed by atoms with van der Waals surface area (Å²) in [6.45, 7) is 2.20. The van der Waals surface area contributed by atoms with Crippen LogP contribution in [0.15, 0.2) is 53.4 Å². The number of nitrogens with zero attached hydrogens (tertiary/aromatic N) is 1. The van der Waals surface area contributed by atoms with E-state index in [1.165, 1.54) is 24.3 Å². The summed E-state index contributed by atoms with van der Waals surface area (Å²) < 4.78 is 27.9. The SMILES string of the molecule is C[C@@]1(c2ccc(NS(=O)(=O)c3ccc(N4CCCC4=O)cc3)cc2)NC(=O)NC1=O. The molecule has 2 aliphatic heterocycles. The number of carbonyl (C=O) groups excluding carboxylic acids is 3. The lowest BCUT2D eigenvalue weighted by molar-refractivity contribution is -0.123. The number of urea groups is 1. The number of anilines is 2. The largest absolute Gasteiger partial charge is 0.322 e. The van der Waals surface area contributed by atoms with Crippen molar-refractivity contribution in [3.63, 3.8) is 0 Å². The minimum absolute atomic E-state index is 0.0321. The standard InChI is InChI=1S/C20H20N4O5S/c1-20(18(26)21-19(27)22-20)13-4-6-14(7-5-13)23-30(28,29)16-10-8-15(9-11-16)24-12-2-3-17(24)25/h4-11,23H,2-3,12H2,1H3,(H2,21,22,26,27)/t20-/m0/s1. The molecule has 0 aliphatic carbocycles. The molecule has 10 heteroatoms. The van der Waals surface area contributed by atoms with Gasteiger partial charge in [-0.3, -0.25) is 19.6 Å². The Labute approximate surface area is 173 Å².